The third kappa shape index (κ3) is 2.75. The van der Waals surface area contributed by atoms with Gasteiger partial charge in [0.1, 0.15) is 5.69 Å². The van der Waals surface area contributed by atoms with E-state index < -0.39 is 4.92 Å². The van der Waals surface area contributed by atoms with Crippen LogP contribution < -0.4 is 5.32 Å². The summed E-state index contributed by atoms with van der Waals surface area (Å²) in [6.45, 7) is 3.98. The van der Waals surface area contributed by atoms with Gasteiger partial charge in [0.15, 0.2) is 0 Å². The summed E-state index contributed by atoms with van der Waals surface area (Å²) in [7, 11) is 0. The summed E-state index contributed by atoms with van der Waals surface area (Å²) in [6.07, 6.45) is 0. The van der Waals surface area contributed by atoms with E-state index in [4.69, 9.17) is 5.26 Å². The second kappa shape index (κ2) is 5.41. The molecule has 5 nitrogen and oxygen atoms in total. The molecule has 0 amide bonds. The van der Waals surface area contributed by atoms with Crippen LogP contribution in [0.15, 0.2) is 36.4 Å². The summed E-state index contributed by atoms with van der Waals surface area (Å²) < 4.78 is 0. The fourth-order valence-electron chi connectivity index (χ4n) is 1.83. The van der Waals surface area contributed by atoms with Crippen LogP contribution in [0.5, 0.6) is 0 Å². The molecule has 0 spiro atoms. The summed E-state index contributed by atoms with van der Waals surface area (Å²) >= 11 is 0. The summed E-state index contributed by atoms with van der Waals surface area (Å²) in [5.41, 5.74) is 3.57. The molecule has 2 aromatic rings. The van der Waals surface area contributed by atoms with Crippen molar-refractivity contribution in [3.8, 4) is 6.07 Å². The third-order valence-electron chi connectivity index (χ3n) is 3.11. The van der Waals surface area contributed by atoms with Crippen molar-refractivity contribution in [1.82, 2.24) is 0 Å². The molecule has 1 N–H and O–H groups in total. The number of benzene rings is 2. The number of rotatable bonds is 3. The SMILES string of the molecule is Cc1ccc(Nc2ccc(C#N)cc2[N+](=O)[O-])cc1C. The Balaban J connectivity index is 2.40. The lowest BCUT2D eigenvalue weighted by Gasteiger charge is -2.09. The number of nitriles is 1. The Kier molecular flexibility index (Phi) is 3.67. The highest BCUT2D eigenvalue weighted by Gasteiger charge is 2.14. The van der Waals surface area contributed by atoms with Crippen molar-refractivity contribution in [2.24, 2.45) is 0 Å². The second-order valence-electron chi connectivity index (χ2n) is 4.52. The number of nitrogens with one attached hydrogen (secondary N) is 1. The fraction of sp³-hybridized carbons (Fsp3) is 0.133. The maximum absolute atomic E-state index is 11.1. The van der Waals surface area contributed by atoms with Gasteiger partial charge in [0.25, 0.3) is 5.69 Å². The van der Waals surface area contributed by atoms with Crippen molar-refractivity contribution in [2.75, 3.05) is 5.32 Å². The van der Waals surface area contributed by atoms with E-state index in [0.29, 0.717) is 5.69 Å². The van der Waals surface area contributed by atoms with Crippen LogP contribution in [-0.2, 0) is 0 Å². The van der Waals surface area contributed by atoms with Crippen LogP contribution in [0.25, 0.3) is 0 Å². The van der Waals surface area contributed by atoms with E-state index in [0.717, 1.165) is 16.8 Å². The Labute approximate surface area is 116 Å². The maximum Gasteiger partial charge on any atom is 0.293 e. The monoisotopic (exact) mass is 267 g/mol. The van der Waals surface area contributed by atoms with Crippen LogP contribution in [0.3, 0.4) is 0 Å². The van der Waals surface area contributed by atoms with E-state index in [9.17, 15) is 10.1 Å². The van der Waals surface area contributed by atoms with Gasteiger partial charge in [-0.3, -0.25) is 10.1 Å². The van der Waals surface area contributed by atoms with Crippen LogP contribution in [0.4, 0.5) is 17.1 Å². The van der Waals surface area contributed by atoms with Gasteiger partial charge in [0.05, 0.1) is 16.6 Å². The van der Waals surface area contributed by atoms with Gasteiger partial charge in [0, 0.05) is 11.8 Å². The Bertz CT molecular complexity index is 718. The van der Waals surface area contributed by atoms with E-state index in [2.05, 4.69) is 5.32 Å². The first-order chi connectivity index (χ1) is 9.51. The average Bonchev–Trinajstić information content (AvgIpc) is 2.43. The zero-order chi connectivity index (χ0) is 14.7. The highest BCUT2D eigenvalue weighted by molar-refractivity contribution is 5.71. The molecule has 0 fully saturated rings. The molecule has 0 aliphatic carbocycles. The Morgan fingerprint density at radius 1 is 1.15 bits per heavy atom. The molecule has 0 atom stereocenters. The second-order valence-corrected chi connectivity index (χ2v) is 4.52. The molecule has 0 heterocycles. The topological polar surface area (TPSA) is 79.0 Å². The lowest BCUT2D eigenvalue weighted by molar-refractivity contribution is -0.383. The van der Waals surface area contributed by atoms with E-state index in [1.165, 1.54) is 6.07 Å². The molecule has 2 rings (SSSR count). The van der Waals surface area contributed by atoms with Crippen molar-refractivity contribution < 1.29 is 4.92 Å². The molecule has 2 aromatic carbocycles. The van der Waals surface area contributed by atoms with E-state index in [1.54, 1.807) is 12.1 Å². The molecular weight excluding hydrogens is 254 g/mol. The van der Waals surface area contributed by atoms with Crippen LogP contribution in [0.2, 0.25) is 0 Å². The van der Waals surface area contributed by atoms with Gasteiger partial charge in [-0.25, -0.2) is 0 Å². The smallest absolute Gasteiger partial charge is 0.293 e. The van der Waals surface area contributed by atoms with Gasteiger partial charge < -0.3 is 5.32 Å². The fourth-order valence-corrected chi connectivity index (χ4v) is 1.83. The Morgan fingerprint density at radius 3 is 2.50 bits per heavy atom. The number of anilines is 2. The minimum Gasteiger partial charge on any atom is -0.350 e. The molecule has 100 valence electrons. The standard InChI is InChI=1S/C15H13N3O2/c1-10-3-5-13(7-11(10)2)17-14-6-4-12(9-16)8-15(14)18(19)20/h3-8,17H,1-2H3. The number of nitro benzene ring substituents is 1. The van der Waals surface area contributed by atoms with Crippen molar-refractivity contribution in [2.45, 2.75) is 13.8 Å². The molecular formula is C15H13N3O2. The van der Waals surface area contributed by atoms with Crippen molar-refractivity contribution in [3.63, 3.8) is 0 Å². The molecule has 0 aliphatic heterocycles. The Hall–Kier alpha value is -2.87. The normalized spacial score (nSPS) is 9.85. The molecule has 0 aliphatic rings. The quantitative estimate of drug-likeness (QED) is 0.677. The average molecular weight is 267 g/mol. The highest BCUT2D eigenvalue weighted by Crippen LogP contribution is 2.29. The molecule has 0 aromatic heterocycles. The first-order valence-electron chi connectivity index (χ1n) is 6.04. The summed E-state index contributed by atoms with van der Waals surface area (Å²) in [6, 6.07) is 12.0. The minimum atomic E-state index is -0.496. The first-order valence-corrected chi connectivity index (χ1v) is 6.04. The van der Waals surface area contributed by atoms with Gasteiger partial charge in [-0.2, -0.15) is 5.26 Å². The maximum atomic E-state index is 11.1. The lowest BCUT2D eigenvalue weighted by Crippen LogP contribution is -1.98. The van der Waals surface area contributed by atoms with Gasteiger partial charge >= 0.3 is 0 Å². The van der Waals surface area contributed by atoms with Crippen LogP contribution in [0.1, 0.15) is 16.7 Å². The molecule has 20 heavy (non-hydrogen) atoms. The molecule has 0 bridgehead atoms. The zero-order valence-corrected chi connectivity index (χ0v) is 11.2. The molecule has 0 saturated carbocycles. The van der Waals surface area contributed by atoms with Crippen molar-refractivity contribution >= 4 is 17.1 Å². The Morgan fingerprint density at radius 2 is 1.90 bits per heavy atom. The highest BCUT2D eigenvalue weighted by atomic mass is 16.6. The summed E-state index contributed by atoms with van der Waals surface area (Å²) in [5.74, 6) is 0. The third-order valence-corrected chi connectivity index (χ3v) is 3.11. The molecule has 0 radical (unpaired) electrons. The predicted octanol–water partition coefficient (Wildman–Crippen LogP) is 3.83. The number of aryl methyl sites for hydroxylation is 2. The largest absolute Gasteiger partial charge is 0.350 e. The van der Waals surface area contributed by atoms with Crippen LogP contribution in [0, 0.1) is 35.3 Å². The van der Waals surface area contributed by atoms with Crippen molar-refractivity contribution in [3.05, 3.63) is 63.2 Å². The van der Waals surface area contributed by atoms with E-state index in [-0.39, 0.29) is 11.3 Å². The molecule has 0 saturated heterocycles. The van der Waals surface area contributed by atoms with E-state index in [1.807, 2.05) is 38.1 Å². The first kappa shape index (κ1) is 13.6. The van der Waals surface area contributed by atoms with Crippen LogP contribution in [-0.4, -0.2) is 4.92 Å². The van der Waals surface area contributed by atoms with Gasteiger partial charge in [-0.15, -0.1) is 0 Å². The van der Waals surface area contributed by atoms with Crippen molar-refractivity contribution in [1.29, 1.82) is 5.26 Å². The zero-order valence-electron chi connectivity index (χ0n) is 11.2. The molecule has 5 heteroatoms. The van der Waals surface area contributed by atoms with Gasteiger partial charge in [0.2, 0.25) is 0 Å². The molecule has 0 unspecified atom stereocenters. The van der Waals surface area contributed by atoms with Gasteiger partial charge in [-0.1, -0.05) is 6.07 Å². The van der Waals surface area contributed by atoms with Gasteiger partial charge in [-0.05, 0) is 49.2 Å². The number of hydrogen-bond acceptors (Lipinski definition) is 4. The summed E-state index contributed by atoms with van der Waals surface area (Å²) in [5, 5.41) is 22.9. The minimum absolute atomic E-state index is 0.109. The predicted molar refractivity (Wildman–Crippen MR) is 77.0 cm³/mol. The summed E-state index contributed by atoms with van der Waals surface area (Å²) in [4.78, 5) is 10.6. The number of hydrogen-bond donors (Lipinski definition) is 1. The lowest BCUT2D eigenvalue weighted by atomic mass is 10.1. The number of nitrogens with zero attached hydrogens (tertiary/aromatic N) is 2. The van der Waals surface area contributed by atoms with Crippen LogP contribution >= 0.6 is 0 Å². The number of nitro groups is 1. The van der Waals surface area contributed by atoms with E-state index >= 15 is 0 Å².